The fourth-order valence-electron chi connectivity index (χ4n) is 2.90. The van der Waals surface area contributed by atoms with Gasteiger partial charge in [0.05, 0.1) is 0 Å². The van der Waals surface area contributed by atoms with Crippen LogP contribution in [0.3, 0.4) is 0 Å². The van der Waals surface area contributed by atoms with Crippen LogP contribution >= 0.6 is 11.3 Å². The highest BCUT2D eigenvalue weighted by Crippen LogP contribution is 2.27. The highest BCUT2D eigenvalue weighted by Gasteiger charge is 2.22. The second-order valence-corrected chi connectivity index (χ2v) is 7.42. The Bertz CT molecular complexity index is 367. The molecule has 0 amide bonds. The van der Waals surface area contributed by atoms with Gasteiger partial charge in [-0.25, -0.2) is 0 Å². The van der Waals surface area contributed by atoms with Crippen molar-refractivity contribution in [2.75, 3.05) is 6.54 Å². The van der Waals surface area contributed by atoms with Crippen molar-refractivity contribution < 1.29 is 0 Å². The van der Waals surface area contributed by atoms with Crippen molar-refractivity contribution in [1.29, 1.82) is 0 Å². The molecule has 0 saturated heterocycles. The molecule has 0 unspecified atom stereocenters. The molecule has 19 heavy (non-hydrogen) atoms. The summed E-state index contributed by atoms with van der Waals surface area (Å²) in [5.74, 6) is 0.798. The third kappa shape index (κ3) is 4.59. The lowest BCUT2D eigenvalue weighted by molar-refractivity contribution is 0.181. The van der Waals surface area contributed by atoms with Gasteiger partial charge in [0.2, 0.25) is 0 Å². The van der Waals surface area contributed by atoms with Gasteiger partial charge in [0.1, 0.15) is 0 Å². The molecule has 2 rings (SSSR count). The van der Waals surface area contributed by atoms with E-state index < -0.39 is 0 Å². The number of hydrogen-bond acceptors (Lipinski definition) is 3. The van der Waals surface area contributed by atoms with E-state index in [1.165, 1.54) is 48.4 Å². The third-order valence-electron chi connectivity index (χ3n) is 4.11. The molecule has 0 spiro atoms. The minimum Gasteiger partial charge on any atom is -0.326 e. The van der Waals surface area contributed by atoms with Gasteiger partial charge < -0.3 is 5.73 Å². The number of hydrogen-bond donors (Lipinski definition) is 1. The predicted molar refractivity (Wildman–Crippen MR) is 84.3 cm³/mol. The van der Waals surface area contributed by atoms with Gasteiger partial charge in [-0.05, 0) is 43.9 Å². The highest BCUT2D eigenvalue weighted by atomic mass is 32.1. The molecule has 108 valence electrons. The van der Waals surface area contributed by atoms with Crippen LogP contribution < -0.4 is 5.73 Å². The van der Waals surface area contributed by atoms with E-state index in [2.05, 4.69) is 30.9 Å². The molecule has 1 heterocycles. The summed E-state index contributed by atoms with van der Waals surface area (Å²) in [5, 5.41) is 0. The molecule has 1 saturated carbocycles. The van der Waals surface area contributed by atoms with Gasteiger partial charge in [0.25, 0.3) is 0 Å². The van der Waals surface area contributed by atoms with Gasteiger partial charge >= 0.3 is 0 Å². The van der Waals surface area contributed by atoms with Crippen molar-refractivity contribution in [2.45, 2.75) is 65.1 Å². The predicted octanol–water partition coefficient (Wildman–Crippen LogP) is 4.00. The van der Waals surface area contributed by atoms with E-state index in [0.29, 0.717) is 6.54 Å². The van der Waals surface area contributed by atoms with Gasteiger partial charge in [-0.15, -0.1) is 11.3 Å². The molecule has 2 nitrogen and oxygen atoms in total. The maximum Gasteiger partial charge on any atom is 0.0330 e. The highest BCUT2D eigenvalue weighted by molar-refractivity contribution is 7.11. The van der Waals surface area contributed by atoms with Crippen LogP contribution in [0.5, 0.6) is 0 Å². The summed E-state index contributed by atoms with van der Waals surface area (Å²) in [5.41, 5.74) is 5.71. The van der Waals surface area contributed by atoms with Crippen molar-refractivity contribution in [3.8, 4) is 0 Å². The molecule has 0 aliphatic heterocycles. The fraction of sp³-hybridized carbons (Fsp3) is 0.750. The molecule has 3 heteroatoms. The summed E-state index contributed by atoms with van der Waals surface area (Å²) in [6.07, 6.45) is 6.94. The molecule has 0 aromatic carbocycles. The molecule has 1 fully saturated rings. The van der Waals surface area contributed by atoms with Crippen molar-refractivity contribution in [2.24, 2.45) is 11.7 Å². The van der Waals surface area contributed by atoms with Gasteiger partial charge in [0.15, 0.2) is 0 Å². The Hall–Kier alpha value is -0.380. The first-order chi connectivity index (χ1) is 9.19. The summed E-state index contributed by atoms with van der Waals surface area (Å²) >= 11 is 1.89. The van der Waals surface area contributed by atoms with Crippen LogP contribution in [0, 0.1) is 5.92 Å². The zero-order valence-corrected chi connectivity index (χ0v) is 13.2. The SMILES string of the molecule is CC(C)CCN(Cc1ccc(CN)s1)C1CCCC1. The van der Waals surface area contributed by atoms with Gasteiger partial charge in [0, 0.05) is 28.9 Å². The molecular formula is C16H28N2S. The molecule has 1 aliphatic carbocycles. The van der Waals surface area contributed by atoms with E-state index in [9.17, 15) is 0 Å². The lowest BCUT2D eigenvalue weighted by Gasteiger charge is -2.29. The van der Waals surface area contributed by atoms with Crippen LogP contribution in [0.25, 0.3) is 0 Å². The Labute approximate surface area is 122 Å². The van der Waals surface area contributed by atoms with Crippen LogP contribution in [0.15, 0.2) is 12.1 Å². The molecule has 1 aliphatic rings. The zero-order valence-electron chi connectivity index (χ0n) is 12.4. The lowest BCUT2D eigenvalue weighted by Crippen LogP contribution is -2.33. The molecule has 1 aromatic rings. The normalized spacial score (nSPS) is 16.9. The monoisotopic (exact) mass is 280 g/mol. The maximum absolute atomic E-state index is 5.71. The summed E-state index contributed by atoms with van der Waals surface area (Å²) in [6, 6.07) is 5.28. The Balaban J connectivity index is 1.95. The van der Waals surface area contributed by atoms with Crippen molar-refractivity contribution in [3.63, 3.8) is 0 Å². The summed E-state index contributed by atoms with van der Waals surface area (Å²) in [7, 11) is 0. The molecule has 0 radical (unpaired) electrons. The average Bonchev–Trinajstić information content (AvgIpc) is 3.05. The Morgan fingerprint density at radius 1 is 1.26 bits per heavy atom. The average molecular weight is 280 g/mol. The lowest BCUT2D eigenvalue weighted by atomic mass is 10.1. The molecule has 0 atom stereocenters. The van der Waals surface area contributed by atoms with Crippen LogP contribution in [-0.4, -0.2) is 17.5 Å². The minimum atomic E-state index is 0.681. The maximum atomic E-state index is 5.71. The number of nitrogens with two attached hydrogens (primary N) is 1. The van der Waals surface area contributed by atoms with Crippen LogP contribution in [0.2, 0.25) is 0 Å². The smallest absolute Gasteiger partial charge is 0.0330 e. The van der Waals surface area contributed by atoms with Crippen molar-refractivity contribution in [1.82, 2.24) is 4.90 Å². The summed E-state index contributed by atoms with van der Waals surface area (Å²) < 4.78 is 0. The van der Waals surface area contributed by atoms with Crippen LogP contribution in [0.1, 0.15) is 55.7 Å². The number of rotatable bonds is 7. The van der Waals surface area contributed by atoms with Gasteiger partial charge in [-0.3, -0.25) is 4.90 Å². The zero-order chi connectivity index (χ0) is 13.7. The minimum absolute atomic E-state index is 0.681. The molecule has 1 aromatic heterocycles. The standard InChI is InChI=1S/C16H28N2S/c1-13(2)9-10-18(14-5-3-4-6-14)12-16-8-7-15(11-17)19-16/h7-8,13-14H,3-6,9-12,17H2,1-2H3. The molecule has 2 N–H and O–H groups in total. The third-order valence-corrected chi connectivity index (χ3v) is 5.20. The second-order valence-electron chi connectivity index (χ2n) is 6.16. The van der Waals surface area contributed by atoms with E-state index in [1.54, 1.807) is 0 Å². The largest absolute Gasteiger partial charge is 0.326 e. The Morgan fingerprint density at radius 3 is 2.53 bits per heavy atom. The Kier molecular flexibility index (Phi) is 5.86. The number of nitrogens with zero attached hydrogens (tertiary/aromatic N) is 1. The van der Waals surface area contributed by atoms with Gasteiger partial charge in [-0.2, -0.15) is 0 Å². The fourth-order valence-corrected chi connectivity index (χ4v) is 3.82. The van der Waals surface area contributed by atoms with E-state index >= 15 is 0 Å². The van der Waals surface area contributed by atoms with Crippen molar-refractivity contribution in [3.05, 3.63) is 21.9 Å². The van der Waals surface area contributed by atoms with E-state index in [-0.39, 0.29) is 0 Å². The first kappa shape index (κ1) is 15.0. The quantitative estimate of drug-likeness (QED) is 0.818. The van der Waals surface area contributed by atoms with E-state index in [1.807, 2.05) is 11.3 Å². The van der Waals surface area contributed by atoms with Crippen LogP contribution in [0.4, 0.5) is 0 Å². The first-order valence-corrected chi connectivity index (χ1v) is 8.52. The van der Waals surface area contributed by atoms with Gasteiger partial charge in [-0.1, -0.05) is 26.7 Å². The second kappa shape index (κ2) is 7.41. The molecular weight excluding hydrogens is 252 g/mol. The van der Waals surface area contributed by atoms with E-state index in [4.69, 9.17) is 5.73 Å². The number of thiophene rings is 1. The molecule has 0 bridgehead atoms. The Morgan fingerprint density at radius 2 is 1.95 bits per heavy atom. The summed E-state index contributed by atoms with van der Waals surface area (Å²) in [6.45, 7) is 7.70. The van der Waals surface area contributed by atoms with E-state index in [0.717, 1.165) is 18.5 Å². The topological polar surface area (TPSA) is 29.3 Å². The summed E-state index contributed by atoms with van der Waals surface area (Å²) in [4.78, 5) is 5.51. The first-order valence-electron chi connectivity index (χ1n) is 7.70. The van der Waals surface area contributed by atoms with Crippen LogP contribution in [-0.2, 0) is 13.1 Å². The van der Waals surface area contributed by atoms with Crippen molar-refractivity contribution >= 4 is 11.3 Å².